The van der Waals surface area contributed by atoms with E-state index < -0.39 is 18.1 Å². The molecule has 0 unspecified atom stereocenters. The van der Waals surface area contributed by atoms with Crippen molar-refractivity contribution >= 4 is 35.2 Å². The summed E-state index contributed by atoms with van der Waals surface area (Å²) < 4.78 is 10.2. The highest BCUT2D eigenvalue weighted by atomic mass is 32.2. The highest BCUT2D eigenvalue weighted by Gasteiger charge is 2.22. The largest absolute Gasteiger partial charge is 0.464 e. The second-order valence-electron chi connectivity index (χ2n) is 4.63. The third kappa shape index (κ3) is 7.13. The zero-order valence-electron chi connectivity index (χ0n) is 13.1. The molecule has 0 aromatic carbocycles. The monoisotopic (exact) mass is 346 g/mol. The third-order valence-electron chi connectivity index (χ3n) is 2.65. The van der Waals surface area contributed by atoms with Gasteiger partial charge < -0.3 is 14.8 Å². The molecule has 1 aromatic rings. The van der Waals surface area contributed by atoms with E-state index in [1.54, 1.807) is 0 Å². The maximum Gasteiger partial charge on any atom is 0.408 e. The first-order chi connectivity index (χ1) is 10.6. The lowest BCUT2D eigenvalue weighted by Gasteiger charge is -2.16. The Labute approximate surface area is 139 Å². The molecular weight excluding hydrogens is 324 g/mol. The number of amides is 1. The van der Waals surface area contributed by atoms with Crippen LogP contribution in [0.1, 0.15) is 30.5 Å². The van der Waals surface area contributed by atoms with Gasteiger partial charge >= 0.3 is 12.1 Å². The number of unbranched alkanes of at least 4 members (excludes halogenated alkanes) is 1. The van der Waals surface area contributed by atoms with E-state index in [4.69, 9.17) is 9.47 Å². The van der Waals surface area contributed by atoms with Gasteiger partial charge in [0.15, 0.2) is 0 Å². The maximum atomic E-state index is 11.9. The number of rotatable bonds is 9. The van der Waals surface area contributed by atoms with Gasteiger partial charge in [-0.3, -0.25) is 0 Å². The van der Waals surface area contributed by atoms with Crippen LogP contribution in [0.2, 0.25) is 0 Å². The van der Waals surface area contributed by atoms with Crippen LogP contribution in [0, 0.1) is 6.92 Å². The number of aryl methyl sites for hydroxylation is 1. The molecule has 1 heterocycles. The zero-order chi connectivity index (χ0) is 16.4. The van der Waals surface area contributed by atoms with Gasteiger partial charge in [-0.15, -0.1) is 11.3 Å². The van der Waals surface area contributed by atoms with E-state index in [0.29, 0.717) is 12.4 Å². The Balaban J connectivity index is 2.40. The fraction of sp³-hybridized carbons (Fsp3) is 0.643. The van der Waals surface area contributed by atoms with Crippen molar-refractivity contribution in [1.82, 2.24) is 10.3 Å². The van der Waals surface area contributed by atoms with E-state index in [9.17, 15) is 9.59 Å². The highest BCUT2D eigenvalue weighted by molar-refractivity contribution is 7.98. The number of carbonyl (C=O) groups is 2. The first-order valence-corrected chi connectivity index (χ1v) is 9.34. The van der Waals surface area contributed by atoms with Crippen molar-refractivity contribution in [3.63, 3.8) is 0 Å². The van der Waals surface area contributed by atoms with Crippen molar-refractivity contribution in [1.29, 1.82) is 0 Å². The van der Waals surface area contributed by atoms with Crippen molar-refractivity contribution in [2.24, 2.45) is 0 Å². The number of nitrogens with one attached hydrogen (secondary N) is 1. The number of hydrogen-bond donors (Lipinski definition) is 1. The van der Waals surface area contributed by atoms with Crippen molar-refractivity contribution in [3.05, 3.63) is 16.1 Å². The van der Waals surface area contributed by atoms with Crippen LogP contribution in [0.5, 0.6) is 0 Å². The van der Waals surface area contributed by atoms with Crippen LogP contribution in [-0.2, 0) is 20.9 Å². The molecule has 124 valence electrons. The molecule has 1 amide bonds. The van der Waals surface area contributed by atoms with E-state index in [2.05, 4.69) is 10.3 Å². The van der Waals surface area contributed by atoms with E-state index >= 15 is 0 Å². The molecule has 1 aromatic heterocycles. The predicted molar refractivity (Wildman–Crippen MR) is 88.2 cm³/mol. The van der Waals surface area contributed by atoms with Crippen molar-refractivity contribution in [2.45, 2.75) is 39.3 Å². The fourth-order valence-electron chi connectivity index (χ4n) is 1.53. The molecule has 1 atom stereocenters. The molecule has 0 radical (unpaired) electrons. The van der Waals surface area contributed by atoms with E-state index in [1.165, 1.54) is 23.1 Å². The van der Waals surface area contributed by atoms with Gasteiger partial charge in [-0.1, -0.05) is 13.3 Å². The highest BCUT2D eigenvalue weighted by Crippen LogP contribution is 2.10. The summed E-state index contributed by atoms with van der Waals surface area (Å²) in [4.78, 5) is 27.9. The number of thioether (sulfide) groups is 1. The fourth-order valence-corrected chi connectivity index (χ4v) is 2.77. The predicted octanol–water partition coefficient (Wildman–Crippen LogP) is 2.75. The summed E-state index contributed by atoms with van der Waals surface area (Å²) >= 11 is 2.88. The number of esters is 1. The molecule has 0 aliphatic heterocycles. The summed E-state index contributed by atoms with van der Waals surface area (Å²) in [5.74, 6) is 0.0148. The average molecular weight is 346 g/mol. The summed E-state index contributed by atoms with van der Waals surface area (Å²) in [6, 6.07) is -0.697. The zero-order valence-corrected chi connectivity index (χ0v) is 14.7. The molecule has 6 nitrogen and oxygen atoms in total. The molecule has 8 heteroatoms. The van der Waals surface area contributed by atoms with E-state index in [-0.39, 0.29) is 6.61 Å². The molecule has 0 fully saturated rings. The van der Waals surface area contributed by atoms with Crippen molar-refractivity contribution in [3.8, 4) is 0 Å². The van der Waals surface area contributed by atoms with Crippen LogP contribution >= 0.6 is 23.1 Å². The Morgan fingerprint density at radius 2 is 2.23 bits per heavy atom. The van der Waals surface area contributed by atoms with Crippen LogP contribution < -0.4 is 5.32 Å². The number of carbonyl (C=O) groups excluding carboxylic acids is 2. The van der Waals surface area contributed by atoms with Crippen LogP contribution in [0.15, 0.2) is 5.38 Å². The van der Waals surface area contributed by atoms with Crippen LogP contribution in [0.3, 0.4) is 0 Å². The lowest BCUT2D eigenvalue weighted by molar-refractivity contribution is -0.145. The molecule has 0 saturated carbocycles. The average Bonchev–Trinajstić information content (AvgIpc) is 2.90. The molecule has 22 heavy (non-hydrogen) atoms. The van der Waals surface area contributed by atoms with Crippen molar-refractivity contribution < 1.29 is 19.1 Å². The number of alkyl carbamates (subject to hydrolysis) is 1. The standard InChI is InChI=1S/C14H22N2O4S2/c1-4-5-6-19-13(17)11(9-21-3)16-14(18)20-7-12-15-10(2)8-22-12/h8,11H,4-7,9H2,1-3H3,(H,16,18)/t11-/m0/s1. The Morgan fingerprint density at radius 3 is 2.82 bits per heavy atom. The Hall–Kier alpha value is -1.28. The lowest BCUT2D eigenvalue weighted by Crippen LogP contribution is -2.43. The molecule has 1 N–H and O–H groups in total. The Bertz CT molecular complexity index is 479. The first kappa shape index (κ1) is 18.8. The minimum atomic E-state index is -0.697. The lowest BCUT2D eigenvalue weighted by atomic mass is 10.3. The molecule has 0 bridgehead atoms. The maximum absolute atomic E-state index is 11.9. The molecular formula is C14H22N2O4S2. The summed E-state index contributed by atoms with van der Waals surface area (Å²) in [6.07, 6.45) is 2.98. The van der Waals surface area contributed by atoms with Gasteiger partial charge in [0, 0.05) is 16.8 Å². The number of hydrogen-bond acceptors (Lipinski definition) is 7. The normalized spacial score (nSPS) is 11.8. The van der Waals surface area contributed by atoms with E-state index in [1.807, 2.05) is 25.5 Å². The SMILES string of the molecule is CCCCOC(=O)[C@H](CSC)NC(=O)OCc1nc(C)cs1. The van der Waals surface area contributed by atoms with Crippen LogP contribution in [0.25, 0.3) is 0 Å². The smallest absolute Gasteiger partial charge is 0.408 e. The van der Waals surface area contributed by atoms with Crippen LogP contribution in [-0.4, -0.2) is 41.7 Å². The van der Waals surface area contributed by atoms with Gasteiger partial charge in [0.2, 0.25) is 0 Å². The topological polar surface area (TPSA) is 77.5 Å². The van der Waals surface area contributed by atoms with Gasteiger partial charge in [-0.25, -0.2) is 14.6 Å². The summed E-state index contributed by atoms with van der Waals surface area (Å²) in [5, 5.41) is 5.15. The van der Waals surface area contributed by atoms with Gasteiger partial charge in [0.1, 0.15) is 17.7 Å². The minimum Gasteiger partial charge on any atom is -0.464 e. The quantitative estimate of drug-likeness (QED) is 0.547. The molecule has 1 rings (SSSR count). The van der Waals surface area contributed by atoms with Crippen molar-refractivity contribution in [2.75, 3.05) is 18.6 Å². The third-order valence-corrected chi connectivity index (χ3v) is 4.25. The summed E-state index contributed by atoms with van der Waals surface area (Å²) in [6.45, 7) is 4.36. The molecule has 0 aliphatic carbocycles. The first-order valence-electron chi connectivity index (χ1n) is 7.06. The number of ether oxygens (including phenoxy) is 2. The second-order valence-corrected chi connectivity index (χ2v) is 6.49. The Kier molecular flexibility index (Phi) is 8.91. The molecule has 0 saturated heterocycles. The summed E-state index contributed by atoms with van der Waals surface area (Å²) in [5.41, 5.74) is 0.892. The van der Waals surface area contributed by atoms with Crippen LogP contribution in [0.4, 0.5) is 4.79 Å². The van der Waals surface area contributed by atoms with Gasteiger partial charge in [-0.05, 0) is 19.6 Å². The second kappa shape index (κ2) is 10.4. The number of thiazole rings is 1. The van der Waals surface area contributed by atoms with Gasteiger partial charge in [0.05, 0.1) is 6.61 Å². The van der Waals surface area contributed by atoms with Gasteiger partial charge in [-0.2, -0.15) is 11.8 Å². The summed E-state index contributed by atoms with van der Waals surface area (Å²) in [7, 11) is 0. The molecule has 0 aliphatic rings. The van der Waals surface area contributed by atoms with Gasteiger partial charge in [0.25, 0.3) is 0 Å². The number of aromatic nitrogens is 1. The molecule has 0 spiro atoms. The number of nitrogens with zero attached hydrogens (tertiary/aromatic N) is 1. The van der Waals surface area contributed by atoms with E-state index in [0.717, 1.165) is 23.5 Å². The minimum absolute atomic E-state index is 0.0984. The Morgan fingerprint density at radius 1 is 1.45 bits per heavy atom.